The second kappa shape index (κ2) is 4.70. The van der Waals surface area contributed by atoms with E-state index < -0.39 is 0 Å². The maximum atomic E-state index is 4.96. The van der Waals surface area contributed by atoms with Crippen molar-refractivity contribution in [2.45, 2.75) is 33.1 Å². The molecule has 3 aromatic rings. The first-order valence-electron chi connectivity index (χ1n) is 7.84. The third-order valence-corrected chi connectivity index (χ3v) is 4.63. The predicted octanol–water partition coefficient (Wildman–Crippen LogP) is 4.93. The van der Waals surface area contributed by atoms with Crippen LogP contribution < -0.4 is 0 Å². The average Bonchev–Trinajstić information content (AvgIpc) is 2.93. The van der Waals surface area contributed by atoms with Crippen LogP contribution in [0.25, 0.3) is 22.0 Å². The van der Waals surface area contributed by atoms with Gasteiger partial charge in [0.2, 0.25) is 0 Å². The molecule has 1 heteroatoms. The van der Waals surface area contributed by atoms with Crippen molar-refractivity contribution in [3.8, 4) is 11.1 Å². The van der Waals surface area contributed by atoms with Gasteiger partial charge in [-0.05, 0) is 46.7 Å². The first kappa shape index (κ1) is 12.6. The molecule has 0 amide bonds. The van der Waals surface area contributed by atoms with Crippen molar-refractivity contribution in [1.82, 2.24) is 4.98 Å². The highest BCUT2D eigenvalue weighted by Crippen LogP contribution is 2.42. The predicted molar refractivity (Wildman–Crippen MR) is 88.7 cm³/mol. The van der Waals surface area contributed by atoms with E-state index in [1.165, 1.54) is 38.9 Å². The van der Waals surface area contributed by atoms with Gasteiger partial charge in [-0.3, -0.25) is 4.98 Å². The highest BCUT2D eigenvalue weighted by Gasteiger charge is 2.23. The van der Waals surface area contributed by atoms with Crippen LogP contribution in [-0.4, -0.2) is 4.98 Å². The van der Waals surface area contributed by atoms with E-state index in [-0.39, 0.29) is 0 Å². The van der Waals surface area contributed by atoms with E-state index in [1.54, 1.807) is 0 Å². The van der Waals surface area contributed by atoms with Gasteiger partial charge in [-0.1, -0.05) is 50.2 Å². The second-order valence-corrected chi connectivity index (χ2v) is 5.80. The zero-order valence-corrected chi connectivity index (χ0v) is 12.6. The quantitative estimate of drug-likeness (QED) is 0.504. The maximum Gasteiger partial charge on any atom is 0.0714 e. The first-order chi connectivity index (χ1) is 10.3. The summed E-state index contributed by atoms with van der Waals surface area (Å²) in [5.41, 5.74) is 9.49. The fraction of sp³-hybridized carbons (Fsp3) is 0.250. The molecule has 0 radical (unpaired) electrons. The largest absolute Gasteiger partial charge is 0.252 e. The van der Waals surface area contributed by atoms with Crippen LogP contribution in [0.15, 0.2) is 42.5 Å². The van der Waals surface area contributed by atoms with Crippen LogP contribution in [0.1, 0.15) is 36.2 Å². The van der Waals surface area contributed by atoms with Gasteiger partial charge in [0, 0.05) is 17.5 Å². The molecular formula is C20H19N. The van der Waals surface area contributed by atoms with E-state index in [1.807, 2.05) is 0 Å². The first-order valence-corrected chi connectivity index (χ1v) is 7.84. The Hall–Kier alpha value is -2.15. The van der Waals surface area contributed by atoms with Gasteiger partial charge in [-0.2, -0.15) is 0 Å². The zero-order valence-electron chi connectivity index (χ0n) is 12.6. The van der Waals surface area contributed by atoms with Crippen molar-refractivity contribution in [1.29, 1.82) is 0 Å². The zero-order chi connectivity index (χ0) is 14.4. The van der Waals surface area contributed by atoms with Crippen LogP contribution in [0.4, 0.5) is 0 Å². The molecule has 1 nitrogen and oxygen atoms in total. The number of fused-ring (bicyclic) bond motifs is 5. The number of pyridine rings is 1. The Morgan fingerprint density at radius 1 is 1.00 bits per heavy atom. The van der Waals surface area contributed by atoms with Gasteiger partial charge in [0.1, 0.15) is 0 Å². The molecule has 0 saturated carbocycles. The number of hydrogen-bond acceptors (Lipinski definition) is 1. The second-order valence-electron chi connectivity index (χ2n) is 5.80. The summed E-state index contributed by atoms with van der Waals surface area (Å²) in [5.74, 6) is 0. The lowest BCUT2D eigenvalue weighted by Gasteiger charge is -2.11. The maximum absolute atomic E-state index is 4.96. The summed E-state index contributed by atoms with van der Waals surface area (Å²) in [6, 6.07) is 15.6. The number of hydrogen-bond donors (Lipinski definition) is 0. The topological polar surface area (TPSA) is 12.9 Å². The third kappa shape index (κ3) is 1.80. The lowest BCUT2D eigenvalue weighted by molar-refractivity contribution is 1.01. The molecule has 1 aliphatic rings. The minimum atomic E-state index is 1.00. The van der Waals surface area contributed by atoms with E-state index in [4.69, 9.17) is 4.98 Å². The summed E-state index contributed by atoms with van der Waals surface area (Å²) in [6.45, 7) is 4.41. The molecule has 0 aliphatic heterocycles. The summed E-state index contributed by atoms with van der Waals surface area (Å²) in [7, 11) is 0. The number of aryl methyl sites for hydroxylation is 2. The van der Waals surface area contributed by atoms with Crippen LogP contribution >= 0.6 is 0 Å². The number of aromatic nitrogens is 1. The molecule has 1 heterocycles. The lowest BCUT2D eigenvalue weighted by Crippen LogP contribution is -1.97. The number of nitrogens with zero attached hydrogens (tertiary/aromatic N) is 1. The van der Waals surface area contributed by atoms with E-state index in [0.717, 1.165) is 24.8 Å². The van der Waals surface area contributed by atoms with Crippen molar-refractivity contribution in [3.63, 3.8) is 0 Å². The van der Waals surface area contributed by atoms with E-state index in [2.05, 4.69) is 56.3 Å². The average molecular weight is 273 g/mol. The van der Waals surface area contributed by atoms with Gasteiger partial charge in [0.25, 0.3) is 0 Å². The summed E-state index contributed by atoms with van der Waals surface area (Å²) >= 11 is 0. The Labute approximate surface area is 125 Å². The Morgan fingerprint density at radius 3 is 2.67 bits per heavy atom. The van der Waals surface area contributed by atoms with Gasteiger partial charge in [0.15, 0.2) is 0 Å². The Morgan fingerprint density at radius 2 is 1.86 bits per heavy atom. The number of benzene rings is 2. The minimum absolute atomic E-state index is 1.00. The van der Waals surface area contributed by atoms with Gasteiger partial charge < -0.3 is 0 Å². The fourth-order valence-electron chi connectivity index (χ4n) is 3.52. The van der Waals surface area contributed by atoms with E-state index in [9.17, 15) is 0 Å². The van der Waals surface area contributed by atoms with Gasteiger partial charge in [-0.15, -0.1) is 0 Å². The monoisotopic (exact) mass is 273 g/mol. The van der Waals surface area contributed by atoms with Crippen LogP contribution in [0, 0.1) is 0 Å². The summed E-state index contributed by atoms with van der Waals surface area (Å²) in [6.07, 6.45) is 3.10. The molecule has 21 heavy (non-hydrogen) atoms. The highest BCUT2D eigenvalue weighted by atomic mass is 14.7. The Bertz CT molecular complexity index is 846. The van der Waals surface area contributed by atoms with Gasteiger partial charge >= 0.3 is 0 Å². The molecule has 0 atom stereocenters. The van der Waals surface area contributed by atoms with Crippen LogP contribution in [0.3, 0.4) is 0 Å². The molecule has 1 aliphatic carbocycles. The molecule has 2 aromatic carbocycles. The van der Waals surface area contributed by atoms with Crippen molar-refractivity contribution in [2.24, 2.45) is 0 Å². The minimum Gasteiger partial charge on any atom is -0.252 e. The molecule has 0 saturated heterocycles. The van der Waals surface area contributed by atoms with E-state index in [0.29, 0.717) is 0 Å². The summed E-state index contributed by atoms with van der Waals surface area (Å²) < 4.78 is 0. The SMILES string of the molecule is CCc1ccc2c3c(c(CC)nc2c1)Cc1ccccc1-3. The molecule has 0 fully saturated rings. The summed E-state index contributed by atoms with van der Waals surface area (Å²) in [4.78, 5) is 4.96. The van der Waals surface area contributed by atoms with E-state index >= 15 is 0 Å². The summed E-state index contributed by atoms with van der Waals surface area (Å²) in [5, 5.41) is 1.31. The standard InChI is InChI=1S/C20H19N/c1-3-13-9-10-16-19(11-13)21-18(4-2)17-12-14-7-5-6-8-15(14)20(16)17/h5-11H,3-4,12H2,1-2H3. The molecule has 0 unspecified atom stereocenters. The van der Waals surface area contributed by atoms with Crippen LogP contribution in [-0.2, 0) is 19.3 Å². The molecule has 0 N–H and O–H groups in total. The lowest BCUT2D eigenvalue weighted by atomic mass is 9.97. The molecule has 4 rings (SSSR count). The van der Waals surface area contributed by atoms with Crippen molar-refractivity contribution >= 4 is 10.9 Å². The molecule has 1 aromatic heterocycles. The van der Waals surface area contributed by atoms with Crippen LogP contribution in [0.5, 0.6) is 0 Å². The molecule has 0 bridgehead atoms. The highest BCUT2D eigenvalue weighted by molar-refractivity contribution is 5.99. The van der Waals surface area contributed by atoms with Gasteiger partial charge in [0.05, 0.1) is 5.52 Å². The molecule has 0 spiro atoms. The fourth-order valence-corrected chi connectivity index (χ4v) is 3.52. The van der Waals surface area contributed by atoms with Crippen molar-refractivity contribution < 1.29 is 0 Å². The van der Waals surface area contributed by atoms with Crippen molar-refractivity contribution in [3.05, 3.63) is 64.8 Å². The van der Waals surface area contributed by atoms with Gasteiger partial charge in [-0.25, -0.2) is 0 Å². The number of rotatable bonds is 2. The molecule has 104 valence electrons. The Balaban J connectivity index is 2.10. The third-order valence-electron chi connectivity index (χ3n) is 4.63. The Kier molecular flexibility index (Phi) is 2.81. The normalized spacial score (nSPS) is 12.5. The van der Waals surface area contributed by atoms with Crippen molar-refractivity contribution in [2.75, 3.05) is 0 Å². The van der Waals surface area contributed by atoms with Crippen LogP contribution in [0.2, 0.25) is 0 Å². The molecular weight excluding hydrogens is 254 g/mol. The smallest absolute Gasteiger partial charge is 0.0714 e.